The van der Waals surface area contributed by atoms with Gasteiger partial charge in [-0.1, -0.05) is 62.7 Å². The van der Waals surface area contributed by atoms with E-state index in [2.05, 4.69) is 16.7 Å². The Labute approximate surface area is 254 Å². The van der Waals surface area contributed by atoms with Gasteiger partial charge in [0, 0.05) is 22.5 Å². The Balaban J connectivity index is 1.93. The molecule has 2 aromatic rings. The van der Waals surface area contributed by atoms with Gasteiger partial charge in [0.15, 0.2) is 0 Å². The number of ether oxygens (including phenoxy) is 1. The van der Waals surface area contributed by atoms with Crippen LogP contribution in [0.15, 0.2) is 66.0 Å². The number of para-hydroxylation sites is 1. The molecule has 0 aromatic heterocycles. The van der Waals surface area contributed by atoms with E-state index < -0.39 is 52.3 Å². The van der Waals surface area contributed by atoms with Crippen molar-refractivity contribution >= 4 is 40.8 Å². The van der Waals surface area contributed by atoms with Crippen LogP contribution in [0.3, 0.4) is 0 Å². The standard InChI is InChI=1S/C32H33Cl2F2N3O3/c1-5-42-30(41)19-9-6-7-12-24(19)38-29(40)28-26(20-10-8-11-22(34)27(20)36)32(17-37,25(39-28)16-31(2,3)4)21-14-13-18(33)15-23(21)35/h6-10,12-15,22,25-26,28,39H,5,11,16H2,1-4H3,(H,38,40)/t22?,25-,26-,28+,32-/m0/s1. The Bertz CT molecular complexity index is 1480. The van der Waals surface area contributed by atoms with Crippen molar-refractivity contribution in [1.29, 1.82) is 5.26 Å². The van der Waals surface area contributed by atoms with Crippen LogP contribution >= 0.6 is 23.2 Å². The van der Waals surface area contributed by atoms with Crippen molar-refractivity contribution < 1.29 is 23.1 Å². The molecule has 222 valence electrons. The minimum Gasteiger partial charge on any atom is -0.462 e. The highest BCUT2D eigenvalue weighted by molar-refractivity contribution is 6.30. The van der Waals surface area contributed by atoms with Crippen LogP contribution in [0.2, 0.25) is 5.02 Å². The third kappa shape index (κ3) is 6.10. The predicted molar refractivity (Wildman–Crippen MR) is 160 cm³/mol. The number of alkyl halides is 1. The van der Waals surface area contributed by atoms with Gasteiger partial charge in [0.1, 0.15) is 17.1 Å². The number of hydrogen-bond donors (Lipinski definition) is 2. The van der Waals surface area contributed by atoms with E-state index in [-0.39, 0.29) is 45.9 Å². The fourth-order valence-corrected chi connectivity index (χ4v) is 6.30. The van der Waals surface area contributed by atoms with E-state index >= 15 is 8.78 Å². The van der Waals surface area contributed by atoms with Gasteiger partial charge in [0.2, 0.25) is 5.91 Å². The van der Waals surface area contributed by atoms with Gasteiger partial charge in [-0.05, 0) is 55.0 Å². The van der Waals surface area contributed by atoms with Crippen LogP contribution in [-0.2, 0) is 14.9 Å². The van der Waals surface area contributed by atoms with Crippen LogP contribution in [-0.4, -0.2) is 35.9 Å². The van der Waals surface area contributed by atoms with E-state index in [4.69, 9.17) is 27.9 Å². The smallest absolute Gasteiger partial charge is 0.340 e. The predicted octanol–water partition coefficient (Wildman–Crippen LogP) is 7.24. The van der Waals surface area contributed by atoms with Gasteiger partial charge in [0.25, 0.3) is 0 Å². The first kappa shape index (κ1) is 31.7. The molecule has 1 saturated heterocycles. The summed E-state index contributed by atoms with van der Waals surface area (Å²) in [6.45, 7) is 7.69. The van der Waals surface area contributed by atoms with Crippen LogP contribution in [0.4, 0.5) is 14.5 Å². The second-order valence-corrected chi connectivity index (χ2v) is 12.7. The van der Waals surface area contributed by atoms with E-state index in [1.807, 2.05) is 20.8 Å². The Morgan fingerprint density at radius 1 is 1.21 bits per heavy atom. The van der Waals surface area contributed by atoms with Crippen LogP contribution in [0.25, 0.3) is 0 Å². The first-order valence-electron chi connectivity index (χ1n) is 13.7. The molecule has 4 rings (SSSR count). The maximum atomic E-state index is 15.9. The van der Waals surface area contributed by atoms with Gasteiger partial charge >= 0.3 is 5.97 Å². The van der Waals surface area contributed by atoms with Crippen LogP contribution < -0.4 is 10.6 Å². The normalized spacial score (nSPS) is 25.7. The van der Waals surface area contributed by atoms with Crippen LogP contribution in [0.1, 0.15) is 56.5 Å². The number of esters is 1. The largest absolute Gasteiger partial charge is 0.462 e. The summed E-state index contributed by atoms with van der Waals surface area (Å²) in [4.78, 5) is 26.7. The average Bonchev–Trinajstić information content (AvgIpc) is 3.23. The molecule has 0 radical (unpaired) electrons. The number of rotatable bonds is 7. The molecule has 0 spiro atoms. The highest BCUT2D eigenvalue weighted by atomic mass is 35.5. The van der Waals surface area contributed by atoms with Gasteiger partial charge in [-0.25, -0.2) is 13.6 Å². The van der Waals surface area contributed by atoms with Crippen LogP contribution in [0.5, 0.6) is 0 Å². The molecule has 1 aliphatic heterocycles. The summed E-state index contributed by atoms with van der Waals surface area (Å²) in [5, 5.41) is 16.1. The number of carbonyl (C=O) groups is 2. The van der Waals surface area contributed by atoms with Crippen molar-refractivity contribution in [2.45, 2.75) is 63.4 Å². The lowest BCUT2D eigenvalue weighted by molar-refractivity contribution is -0.118. The molecule has 1 amide bonds. The second-order valence-electron chi connectivity index (χ2n) is 11.7. The summed E-state index contributed by atoms with van der Waals surface area (Å²) in [7, 11) is 0. The molecule has 2 N–H and O–H groups in total. The maximum Gasteiger partial charge on any atom is 0.340 e. The lowest BCUT2D eigenvalue weighted by atomic mass is 9.62. The summed E-state index contributed by atoms with van der Waals surface area (Å²) in [5.74, 6) is -3.88. The molecule has 42 heavy (non-hydrogen) atoms. The summed E-state index contributed by atoms with van der Waals surface area (Å²) in [6.07, 6.45) is 3.76. The quantitative estimate of drug-likeness (QED) is 0.253. The fourth-order valence-electron chi connectivity index (χ4n) is 5.92. The van der Waals surface area contributed by atoms with Gasteiger partial charge in [-0.3, -0.25) is 4.79 Å². The first-order valence-corrected chi connectivity index (χ1v) is 14.6. The number of amides is 1. The molecule has 0 bridgehead atoms. The number of nitrogens with zero attached hydrogens (tertiary/aromatic N) is 1. The van der Waals surface area contributed by atoms with Crippen molar-refractivity contribution in [2.75, 3.05) is 11.9 Å². The number of nitriles is 1. The molecule has 1 fully saturated rings. The van der Waals surface area contributed by atoms with Crippen molar-refractivity contribution in [2.24, 2.45) is 11.3 Å². The monoisotopic (exact) mass is 615 g/mol. The average molecular weight is 617 g/mol. The molecule has 10 heteroatoms. The zero-order valence-electron chi connectivity index (χ0n) is 23.8. The Kier molecular flexibility index (Phi) is 9.46. The number of anilines is 1. The molecular formula is C32H33Cl2F2N3O3. The fraction of sp³-hybridized carbons (Fsp3) is 0.406. The zero-order chi connectivity index (χ0) is 30.8. The molecule has 6 nitrogen and oxygen atoms in total. The number of nitrogens with one attached hydrogen (secondary N) is 2. The topological polar surface area (TPSA) is 91.2 Å². The summed E-state index contributed by atoms with van der Waals surface area (Å²) >= 11 is 12.4. The maximum absolute atomic E-state index is 15.9. The molecule has 5 atom stereocenters. The number of carbonyl (C=O) groups excluding carboxylic acids is 2. The van der Waals surface area contributed by atoms with Gasteiger partial charge in [-0.15, -0.1) is 11.6 Å². The molecular weight excluding hydrogens is 583 g/mol. The highest BCUT2D eigenvalue weighted by Crippen LogP contribution is 2.52. The van der Waals surface area contributed by atoms with E-state index in [0.29, 0.717) is 6.42 Å². The van der Waals surface area contributed by atoms with Gasteiger partial charge in [-0.2, -0.15) is 5.26 Å². The Hall–Kier alpha value is -3.25. The molecule has 2 aliphatic rings. The first-order chi connectivity index (χ1) is 19.8. The van der Waals surface area contributed by atoms with E-state index in [0.717, 1.165) is 6.07 Å². The molecule has 1 aliphatic carbocycles. The number of benzene rings is 2. The SMILES string of the molecule is CCOC(=O)c1ccccc1NC(=O)[C@@H]1N[C@@H](CC(C)(C)C)[C@](C#N)(c2ccc(Cl)cc2F)[C@H]1C1=C(F)C(Cl)CC=C1. The number of hydrogen-bond acceptors (Lipinski definition) is 5. The third-order valence-electron chi connectivity index (χ3n) is 7.62. The highest BCUT2D eigenvalue weighted by Gasteiger charge is 2.61. The van der Waals surface area contributed by atoms with E-state index in [1.54, 1.807) is 31.2 Å². The van der Waals surface area contributed by atoms with Crippen LogP contribution in [0, 0.1) is 28.5 Å². The zero-order valence-corrected chi connectivity index (χ0v) is 25.3. The summed E-state index contributed by atoms with van der Waals surface area (Å²) < 4.78 is 36.8. The minimum atomic E-state index is -1.74. The van der Waals surface area contributed by atoms with Gasteiger partial charge < -0.3 is 15.4 Å². The molecule has 2 aromatic carbocycles. The lowest BCUT2D eigenvalue weighted by Crippen LogP contribution is -2.45. The van der Waals surface area contributed by atoms with E-state index in [9.17, 15) is 14.9 Å². The van der Waals surface area contributed by atoms with Crippen molar-refractivity contribution in [1.82, 2.24) is 5.32 Å². The summed E-state index contributed by atoms with van der Waals surface area (Å²) in [5.41, 5.74) is -1.76. The molecule has 1 unspecified atom stereocenters. The van der Waals surface area contributed by atoms with Crippen molar-refractivity contribution in [3.8, 4) is 6.07 Å². The van der Waals surface area contributed by atoms with Gasteiger partial charge in [0.05, 0.1) is 35.3 Å². The van der Waals surface area contributed by atoms with Crippen molar-refractivity contribution in [3.63, 3.8) is 0 Å². The number of allylic oxidation sites excluding steroid dienone is 3. The molecule has 1 heterocycles. The summed E-state index contributed by atoms with van der Waals surface area (Å²) in [6, 6.07) is 10.7. The Morgan fingerprint density at radius 3 is 2.57 bits per heavy atom. The number of halogens is 4. The second kappa shape index (κ2) is 12.5. The molecule has 0 saturated carbocycles. The third-order valence-corrected chi connectivity index (χ3v) is 8.23. The lowest BCUT2D eigenvalue weighted by Gasteiger charge is -2.38. The minimum absolute atomic E-state index is 0.00577. The Morgan fingerprint density at radius 2 is 1.93 bits per heavy atom. The van der Waals surface area contributed by atoms with Crippen molar-refractivity contribution in [3.05, 3.63) is 88.0 Å². The van der Waals surface area contributed by atoms with E-state index in [1.165, 1.54) is 24.3 Å².